The molecule has 27 heavy (non-hydrogen) atoms. The Morgan fingerprint density at radius 3 is 2.04 bits per heavy atom. The van der Waals surface area contributed by atoms with Gasteiger partial charge >= 0.3 is 0 Å². The van der Waals surface area contributed by atoms with Crippen molar-refractivity contribution >= 4 is 31.9 Å². The summed E-state index contributed by atoms with van der Waals surface area (Å²) in [6.45, 7) is 4.58. The fraction of sp³-hybridized carbons (Fsp3) is 0.520. The van der Waals surface area contributed by atoms with Gasteiger partial charge < -0.3 is 0 Å². The molecule has 0 fully saturated rings. The fourth-order valence-electron chi connectivity index (χ4n) is 4.43. The Morgan fingerprint density at radius 1 is 0.741 bits per heavy atom. The van der Waals surface area contributed by atoms with Crippen molar-refractivity contribution in [2.75, 3.05) is 0 Å². The number of fused-ring (bicyclic) bond motifs is 3. The molecule has 0 bridgehead atoms. The summed E-state index contributed by atoms with van der Waals surface area (Å²) in [4.78, 5) is 0. The minimum absolute atomic E-state index is 1.06. The van der Waals surface area contributed by atoms with Gasteiger partial charge in [0.15, 0.2) is 0 Å². The van der Waals surface area contributed by atoms with Crippen LogP contribution in [0.2, 0.25) is 0 Å². The van der Waals surface area contributed by atoms with Crippen LogP contribution in [0.4, 0.5) is 0 Å². The Hall–Kier alpha value is -0.600. The maximum Gasteiger partial charge on any atom is 0.0362 e. The summed E-state index contributed by atoms with van der Waals surface area (Å²) in [5.74, 6) is 0. The number of rotatable bonds is 10. The van der Waals surface area contributed by atoms with E-state index in [-0.39, 0.29) is 0 Å². The first-order valence-electron chi connectivity index (χ1n) is 10.8. The van der Waals surface area contributed by atoms with E-state index in [0.29, 0.717) is 0 Å². The van der Waals surface area contributed by atoms with E-state index in [0.717, 1.165) is 6.42 Å². The molecular formula is C25H32Br2. The van der Waals surface area contributed by atoms with Crippen LogP contribution in [0.1, 0.15) is 87.5 Å². The van der Waals surface area contributed by atoms with Gasteiger partial charge in [0.1, 0.15) is 0 Å². The zero-order valence-electron chi connectivity index (χ0n) is 16.8. The van der Waals surface area contributed by atoms with E-state index in [4.69, 9.17) is 0 Å². The van der Waals surface area contributed by atoms with Crippen LogP contribution in [0.15, 0.2) is 33.2 Å². The van der Waals surface area contributed by atoms with Crippen LogP contribution in [0.5, 0.6) is 0 Å². The molecule has 2 heteroatoms. The second-order valence-corrected chi connectivity index (χ2v) is 9.48. The summed E-state index contributed by atoms with van der Waals surface area (Å²) in [5.41, 5.74) is 9.18. The molecule has 0 amide bonds. The zero-order chi connectivity index (χ0) is 19.2. The van der Waals surface area contributed by atoms with Gasteiger partial charge in [0.05, 0.1) is 0 Å². The Kier molecular flexibility index (Phi) is 8.02. The molecule has 0 saturated heterocycles. The molecular weight excluding hydrogens is 460 g/mol. The second kappa shape index (κ2) is 10.3. The smallest absolute Gasteiger partial charge is 0.0362 e. The van der Waals surface area contributed by atoms with Crippen LogP contribution < -0.4 is 0 Å². The summed E-state index contributed by atoms with van der Waals surface area (Å²) < 4.78 is 2.60. The summed E-state index contributed by atoms with van der Waals surface area (Å²) in [7, 11) is 0. The van der Waals surface area contributed by atoms with E-state index < -0.39 is 0 Å². The average Bonchev–Trinajstić information content (AvgIpc) is 3.07. The van der Waals surface area contributed by atoms with Gasteiger partial charge in [-0.3, -0.25) is 0 Å². The lowest BCUT2D eigenvalue weighted by Gasteiger charge is -2.20. The number of hydrogen-bond donors (Lipinski definition) is 0. The predicted molar refractivity (Wildman–Crippen MR) is 126 cm³/mol. The second-order valence-electron chi connectivity index (χ2n) is 7.89. The van der Waals surface area contributed by atoms with Crippen LogP contribution in [0.3, 0.4) is 0 Å². The van der Waals surface area contributed by atoms with E-state index in [1.165, 1.54) is 89.8 Å². The Balaban J connectivity index is 2.00. The maximum atomic E-state index is 3.97. The van der Waals surface area contributed by atoms with Gasteiger partial charge in [-0.15, -0.1) is 0 Å². The van der Waals surface area contributed by atoms with Gasteiger partial charge in [0.2, 0.25) is 0 Å². The van der Waals surface area contributed by atoms with Crippen molar-refractivity contribution in [3.8, 4) is 11.1 Å². The molecule has 2 aromatic carbocycles. The fourth-order valence-corrected chi connectivity index (χ4v) is 5.69. The van der Waals surface area contributed by atoms with Crippen LogP contribution >= 0.6 is 31.9 Å². The predicted octanol–water partition coefficient (Wildman–Crippen LogP) is 9.03. The molecule has 146 valence electrons. The lowest BCUT2D eigenvalue weighted by atomic mass is 9.89. The highest BCUT2D eigenvalue weighted by Crippen LogP contribution is 2.48. The van der Waals surface area contributed by atoms with E-state index in [9.17, 15) is 0 Å². The van der Waals surface area contributed by atoms with Crippen molar-refractivity contribution in [2.45, 2.75) is 84.5 Å². The molecule has 0 N–H and O–H groups in total. The summed E-state index contributed by atoms with van der Waals surface area (Å²) in [6.07, 6.45) is 14.0. The molecule has 0 aromatic heterocycles. The maximum absolute atomic E-state index is 3.97. The summed E-state index contributed by atoms with van der Waals surface area (Å²) in [5, 5.41) is 0. The Morgan fingerprint density at radius 2 is 1.37 bits per heavy atom. The molecule has 0 aliphatic heterocycles. The van der Waals surface area contributed by atoms with Crippen LogP contribution in [0, 0.1) is 0 Å². The highest BCUT2D eigenvalue weighted by Gasteiger charge is 2.27. The lowest BCUT2D eigenvalue weighted by molar-refractivity contribution is 0.650. The van der Waals surface area contributed by atoms with Crippen molar-refractivity contribution in [3.05, 3.63) is 55.5 Å². The van der Waals surface area contributed by atoms with Crippen molar-refractivity contribution in [3.63, 3.8) is 0 Å². The Bertz CT molecular complexity index is 776. The molecule has 0 saturated carbocycles. The topological polar surface area (TPSA) is 0 Å². The minimum Gasteiger partial charge on any atom is -0.0654 e. The van der Waals surface area contributed by atoms with Crippen molar-refractivity contribution in [1.82, 2.24) is 0 Å². The highest BCUT2D eigenvalue weighted by molar-refractivity contribution is 9.13. The average molecular weight is 492 g/mol. The Labute approximate surface area is 182 Å². The third kappa shape index (κ3) is 4.70. The van der Waals surface area contributed by atoms with E-state index in [1.54, 1.807) is 16.7 Å². The quantitative estimate of drug-likeness (QED) is 0.248. The lowest BCUT2D eigenvalue weighted by Crippen LogP contribution is -2.03. The molecule has 0 heterocycles. The third-order valence-corrected chi connectivity index (χ3v) is 8.19. The number of benzene rings is 2. The van der Waals surface area contributed by atoms with E-state index in [1.807, 2.05) is 0 Å². The molecule has 1 aliphatic rings. The van der Waals surface area contributed by atoms with E-state index in [2.05, 4.69) is 70.0 Å². The monoisotopic (exact) mass is 490 g/mol. The molecule has 0 nitrogen and oxygen atoms in total. The van der Waals surface area contributed by atoms with Gasteiger partial charge in [-0.1, -0.05) is 76.6 Å². The number of halogens is 2. The van der Waals surface area contributed by atoms with Crippen LogP contribution in [0.25, 0.3) is 11.1 Å². The first-order valence-corrected chi connectivity index (χ1v) is 12.4. The molecule has 0 spiro atoms. The van der Waals surface area contributed by atoms with Crippen molar-refractivity contribution in [2.24, 2.45) is 0 Å². The molecule has 0 unspecified atom stereocenters. The van der Waals surface area contributed by atoms with Crippen LogP contribution in [-0.4, -0.2) is 0 Å². The normalized spacial score (nSPS) is 12.3. The zero-order valence-corrected chi connectivity index (χ0v) is 20.0. The van der Waals surface area contributed by atoms with Crippen molar-refractivity contribution < 1.29 is 0 Å². The van der Waals surface area contributed by atoms with Gasteiger partial charge in [0, 0.05) is 8.95 Å². The molecule has 0 atom stereocenters. The van der Waals surface area contributed by atoms with Gasteiger partial charge in [-0.2, -0.15) is 0 Å². The van der Waals surface area contributed by atoms with Gasteiger partial charge in [0.25, 0.3) is 0 Å². The number of unbranched alkanes of at least 4 members (excludes halogenated alkanes) is 6. The van der Waals surface area contributed by atoms with E-state index >= 15 is 0 Å². The largest absolute Gasteiger partial charge is 0.0654 e. The minimum atomic E-state index is 1.06. The van der Waals surface area contributed by atoms with Gasteiger partial charge in [-0.25, -0.2) is 0 Å². The summed E-state index contributed by atoms with van der Waals surface area (Å²) in [6, 6.07) is 9.02. The van der Waals surface area contributed by atoms with Gasteiger partial charge in [-0.05, 0) is 97.3 Å². The first kappa shape index (κ1) is 21.1. The highest BCUT2D eigenvalue weighted by atomic mass is 79.9. The summed E-state index contributed by atoms with van der Waals surface area (Å²) >= 11 is 7.92. The van der Waals surface area contributed by atoms with Crippen molar-refractivity contribution in [1.29, 1.82) is 0 Å². The molecule has 0 radical (unpaired) electrons. The standard InChI is InChI=1S/C25H32Br2/c1-3-5-7-9-15-20-21(16-10-8-6-4-2)24(26)25(27)22-17-18-13-11-12-14-19(18)23(20)22/h11-14H,3-10,15-17H2,1-2H3. The SMILES string of the molecule is CCCCCCc1c(Br)c(Br)c2c(c1CCCCCC)-c1ccccc1C2. The molecule has 1 aliphatic carbocycles. The molecule has 3 rings (SSSR count). The molecule has 2 aromatic rings. The first-order chi connectivity index (χ1) is 13.2. The number of hydrogen-bond acceptors (Lipinski definition) is 0. The van der Waals surface area contributed by atoms with Crippen LogP contribution in [-0.2, 0) is 19.3 Å². The third-order valence-electron chi connectivity index (χ3n) is 5.91.